The minimum absolute atomic E-state index is 0.0280. The molecule has 1 aromatic carbocycles. The van der Waals surface area contributed by atoms with Crippen molar-refractivity contribution in [3.63, 3.8) is 0 Å². The molecule has 0 spiro atoms. The number of benzene rings is 1. The second-order valence-electron chi connectivity index (χ2n) is 3.99. The summed E-state index contributed by atoms with van der Waals surface area (Å²) in [6.07, 6.45) is 1.03. The molecule has 0 aliphatic heterocycles. The Bertz CT molecular complexity index is 665. The van der Waals surface area contributed by atoms with Gasteiger partial charge in [-0.3, -0.25) is 0 Å². The summed E-state index contributed by atoms with van der Waals surface area (Å²) in [6, 6.07) is 3.20. The van der Waals surface area contributed by atoms with Gasteiger partial charge in [0, 0.05) is 0 Å². The topological polar surface area (TPSA) is 135 Å². The molecule has 108 valence electrons. The third-order valence-electron chi connectivity index (χ3n) is 2.59. The molecule has 0 saturated heterocycles. The van der Waals surface area contributed by atoms with E-state index < -0.39 is 32.9 Å². The quantitative estimate of drug-likeness (QED) is 0.650. The predicted molar refractivity (Wildman–Crippen MR) is 71.2 cm³/mol. The van der Waals surface area contributed by atoms with Crippen molar-refractivity contribution in [2.45, 2.75) is 11.1 Å². The molecule has 0 saturated carbocycles. The fourth-order valence-corrected chi connectivity index (χ4v) is 2.66. The van der Waals surface area contributed by atoms with Gasteiger partial charge in [-0.05, 0) is 17.7 Å². The zero-order valence-corrected chi connectivity index (χ0v) is 11.1. The van der Waals surface area contributed by atoms with Crippen molar-refractivity contribution >= 4 is 21.8 Å². The van der Waals surface area contributed by atoms with Crippen molar-refractivity contribution in [2.24, 2.45) is 5.73 Å². The average molecular weight is 299 g/mol. The first-order chi connectivity index (χ1) is 9.19. The van der Waals surface area contributed by atoms with Crippen LogP contribution in [-0.4, -0.2) is 35.9 Å². The first-order valence-electron chi connectivity index (χ1n) is 5.38. The lowest BCUT2D eigenvalue weighted by molar-refractivity contribution is 0.0695. The third-order valence-corrected chi connectivity index (χ3v) is 4.33. The summed E-state index contributed by atoms with van der Waals surface area (Å²) in [5, 5.41) is 16.5. The van der Waals surface area contributed by atoms with Crippen LogP contribution in [0.15, 0.2) is 30.9 Å². The van der Waals surface area contributed by atoms with Gasteiger partial charge in [0.1, 0.15) is 5.37 Å². The molecule has 8 heteroatoms. The summed E-state index contributed by atoms with van der Waals surface area (Å²) >= 11 is 0. The lowest BCUT2D eigenvalue weighted by atomic mass is 10.1. The maximum atomic E-state index is 11.8. The summed E-state index contributed by atoms with van der Waals surface area (Å²) in [7, 11) is -3.80. The van der Waals surface area contributed by atoms with E-state index >= 15 is 0 Å². The van der Waals surface area contributed by atoms with Crippen molar-refractivity contribution in [1.82, 2.24) is 0 Å². The zero-order valence-electron chi connectivity index (χ0n) is 10.3. The van der Waals surface area contributed by atoms with E-state index in [1.165, 1.54) is 0 Å². The Morgan fingerprint density at radius 3 is 2.35 bits per heavy atom. The largest absolute Gasteiger partial charge is 0.478 e. The molecule has 0 heterocycles. The average Bonchev–Trinajstić information content (AvgIpc) is 2.37. The maximum Gasteiger partial charge on any atom is 0.336 e. The predicted octanol–water partition coefficient (Wildman–Crippen LogP) is 0.469. The van der Waals surface area contributed by atoms with Gasteiger partial charge in [0.2, 0.25) is 0 Å². The number of hydrogen-bond donors (Lipinski definition) is 3. The van der Waals surface area contributed by atoms with Gasteiger partial charge >= 0.3 is 11.9 Å². The summed E-state index contributed by atoms with van der Waals surface area (Å²) in [5.74, 6) is -3.32. The first kappa shape index (κ1) is 15.9. The van der Waals surface area contributed by atoms with Crippen LogP contribution in [0, 0.1) is 0 Å². The van der Waals surface area contributed by atoms with Crippen LogP contribution in [0.4, 0.5) is 0 Å². The van der Waals surface area contributed by atoms with Gasteiger partial charge in [0.05, 0.1) is 16.9 Å². The van der Waals surface area contributed by atoms with Gasteiger partial charge in [-0.25, -0.2) is 18.0 Å². The van der Waals surface area contributed by atoms with Crippen molar-refractivity contribution in [3.8, 4) is 0 Å². The zero-order chi connectivity index (χ0) is 15.5. The second-order valence-corrected chi connectivity index (χ2v) is 6.15. The molecule has 20 heavy (non-hydrogen) atoms. The SMILES string of the molecule is C=CC(N)S(=O)(=O)Cc1ccc(C(=O)O)cc1C(=O)O. The minimum Gasteiger partial charge on any atom is -0.478 e. The van der Waals surface area contributed by atoms with Crippen LogP contribution in [-0.2, 0) is 15.6 Å². The molecule has 1 unspecified atom stereocenters. The summed E-state index contributed by atoms with van der Waals surface area (Å²) in [4.78, 5) is 21.9. The van der Waals surface area contributed by atoms with Crippen LogP contribution in [0.5, 0.6) is 0 Å². The second kappa shape index (κ2) is 5.85. The number of carbonyl (C=O) groups is 2. The van der Waals surface area contributed by atoms with Crippen LogP contribution < -0.4 is 5.73 Å². The van der Waals surface area contributed by atoms with Gasteiger partial charge in [-0.2, -0.15) is 0 Å². The first-order valence-corrected chi connectivity index (χ1v) is 7.10. The highest BCUT2D eigenvalue weighted by Crippen LogP contribution is 2.17. The molecular weight excluding hydrogens is 286 g/mol. The number of carboxylic acid groups (broad SMARTS) is 2. The van der Waals surface area contributed by atoms with Gasteiger partial charge in [-0.1, -0.05) is 12.1 Å². The lowest BCUT2D eigenvalue weighted by Gasteiger charge is -2.11. The number of nitrogens with two attached hydrogens (primary N) is 1. The molecule has 0 radical (unpaired) electrons. The maximum absolute atomic E-state index is 11.8. The van der Waals surface area contributed by atoms with Crippen molar-refractivity contribution < 1.29 is 28.2 Å². The highest BCUT2D eigenvalue weighted by atomic mass is 32.2. The summed E-state index contributed by atoms with van der Waals surface area (Å²) < 4.78 is 23.6. The van der Waals surface area contributed by atoms with E-state index in [1.807, 2.05) is 0 Å². The number of hydrogen-bond acceptors (Lipinski definition) is 5. The third kappa shape index (κ3) is 3.43. The van der Waals surface area contributed by atoms with E-state index in [0.29, 0.717) is 0 Å². The van der Waals surface area contributed by atoms with Gasteiger partial charge in [-0.15, -0.1) is 6.58 Å². The standard InChI is InChI=1S/C12H13NO6S/c1-2-10(13)20(18,19)6-8-4-3-7(11(14)15)5-9(8)12(16)17/h2-5,10H,1,6,13H2,(H,14,15)(H,16,17). The molecule has 0 aromatic heterocycles. The number of aromatic carboxylic acids is 2. The fraction of sp³-hybridized carbons (Fsp3) is 0.167. The van der Waals surface area contributed by atoms with Crippen LogP contribution in [0.25, 0.3) is 0 Å². The van der Waals surface area contributed by atoms with E-state index in [4.69, 9.17) is 15.9 Å². The van der Waals surface area contributed by atoms with Crippen molar-refractivity contribution in [3.05, 3.63) is 47.5 Å². The van der Waals surface area contributed by atoms with E-state index in [1.54, 1.807) is 0 Å². The monoisotopic (exact) mass is 299 g/mol. The molecule has 1 aromatic rings. The Morgan fingerprint density at radius 1 is 1.30 bits per heavy atom. The molecular formula is C12H13NO6S. The van der Waals surface area contributed by atoms with Crippen molar-refractivity contribution in [1.29, 1.82) is 0 Å². The Balaban J connectivity index is 3.29. The number of sulfone groups is 1. The molecule has 0 aliphatic rings. The Labute approximate surface area is 115 Å². The Kier molecular flexibility index (Phi) is 4.64. The smallest absolute Gasteiger partial charge is 0.336 e. The minimum atomic E-state index is -3.80. The molecule has 0 amide bonds. The van der Waals surface area contributed by atoms with E-state index in [9.17, 15) is 18.0 Å². The van der Waals surface area contributed by atoms with E-state index in [2.05, 4.69) is 6.58 Å². The highest BCUT2D eigenvalue weighted by Gasteiger charge is 2.23. The highest BCUT2D eigenvalue weighted by molar-refractivity contribution is 7.91. The van der Waals surface area contributed by atoms with Crippen molar-refractivity contribution in [2.75, 3.05) is 0 Å². The van der Waals surface area contributed by atoms with Gasteiger partial charge in [0.15, 0.2) is 9.84 Å². The lowest BCUT2D eigenvalue weighted by Crippen LogP contribution is -2.29. The van der Waals surface area contributed by atoms with Crippen LogP contribution in [0.2, 0.25) is 0 Å². The van der Waals surface area contributed by atoms with Crippen LogP contribution in [0.3, 0.4) is 0 Å². The Morgan fingerprint density at radius 2 is 1.90 bits per heavy atom. The fourth-order valence-electron chi connectivity index (χ4n) is 1.49. The summed E-state index contributed by atoms with van der Waals surface area (Å²) in [6.45, 7) is 3.27. The van der Waals surface area contributed by atoms with Crippen LogP contribution >= 0.6 is 0 Å². The molecule has 7 nitrogen and oxygen atoms in total. The van der Waals surface area contributed by atoms with Crippen LogP contribution in [0.1, 0.15) is 26.3 Å². The van der Waals surface area contributed by atoms with Gasteiger partial charge < -0.3 is 15.9 Å². The number of rotatable bonds is 6. The molecule has 0 fully saturated rings. The molecule has 1 rings (SSSR count). The number of carboxylic acids is 2. The molecule has 0 aliphatic carbocycles. The van der Waals surface area contributed by atoms with E-state index in [0.717, 1.165) is 24.3 Å². The molecule has 0 bridgehead atoms. The van der Waals surface area contributed by atoms with E-state index in [-0.39, 0.29) is 16.7 Å². The molecule has 1 atom stereocenters. The normalized spacial score (nSPS) is 12.7. The molecule has 4 N–H and O–H groups in total. The Hall–Kier alpha value is -2.19. The summed E-state index contributed by atoms with van der Waals surface area (Å²) in [5.41, 5.74) is 4.70. The van der Waals surface area contributed by atoms with Gasteiger partial charge in [0.25, 0.3) is 0 Å².